The third-order valence-corrected chi connectivity index (χ3v) is 7.04. The maximum absolute atomic E-state index is 13.1. The Hall–Kier alpha value is -1.89. The molecule has 1 N–H and O–H groups in total. The highest BCUT2D eigenvalue weighted by molar-refractivity contribution is 7.99. The minimum atomic E-state index is -0.0577. The van der Waals surface area contributed by atoms with Crippen molar-refractivity contribution in [2.75, 3.05) is 33.7 Å². The third kappa shape index (κ3) is 5.00. The summed E-state index contributed by atoms with van der Waals surface area (Å²) in [7, 11) is 4.06. The SMILES string of the molecule is CN(C)CCNC(=O)[C@@H]1C[C@@H](Sc2ccccn2)CN1C1Cc2ccccc2C1. The van der Waals surface area contributed by atoms with Gasteiger partial charge in [0.15, 0.2) is 0 Å². The first-order chi connectivity index (χ1) is 14.1. The molecule has 1 amide bonds. The zero-order chi connectivity index (χ0) is 20.2. The van der Waals surface area contributed by atoms with Crippen LogP contribution in [0.25, 0.3) is 0 Å². The molecule has 2 aliphatic rings. The molecule has 2 aromatic rings. The summed E-state index contributed by atoms with van der Waals surface area (Å²) >= 11 is 1.81. The van der Waals surface area contributed by atoms with Crippen LogP contribution < -0.4 is 5.32 Å². The van der Waals surface area contributed by atoms with Crippen molar-refractivity contribution >= 4 is 17.7 Å². The van der Waals surface area contributed by atoms with Gasteiger partial charge in [-0.1, -0.05) is 30.3 Å². The molecule has 1 aliphatic carbocycles. The Kier molecular flexibility index (Phi) is 6.53. The van der Waals surface area contributed by atoms with Gasteiger partial charge in [-0.05, 0) is 56.6 Å². The Morgan fingerprint density at radius 1 is 1.17 bits per heavy atom. The van der Waals surface area contributed by atoms with Crippen LogP contribution in [0.15, 0.2) is 53.7 Å². The molecule has 0 bridgehead atoms. The summed E-state index contributed by atoms with van der Waals surface area (Å²) in [6.07, 6.45) is 4.80. The quantitative estimate of drug-likeness (QED) is 0.760. The number of likely N-dealkylation sites (tertiary alicyclic amines) is 1. The number of fused-ring (bicyclic) bond motifs is 1. The molecule has 154 valence electrons. The highest BCUT2D eigenvalue weighted by Crippen LogP contribution is 2.36. The fourth-order valence-electron chi connectivity index (χ4n) is 4.45. The van der Waals surface area contributed by atoms with Gasteiger partial charge in [0.05, 0.1) is 11.1 Å². The van der Waals surface area contributed by atoms with Crippen molar-refractivity contribution < 1.29 is 4.79 Å². The first-order valence-electron chi connectivity index (χ1n) is 10.4. The van der Waals surface area contributed by atoms with Crippen LogP contribution in [0.3, 0.4) is 0 Å². The van der Waals surface area contributed by atoms with Crippen molar-refractivity contribution in [2.45, 2.75) is 41.6 Å². The number of amides is 1. The van der Waals surface area contributed by atoms with Crippen LogP contribution in [0.2, 0.25) is 0 Å². The van der Waals surface area contributed by atoms with Crippen LogP contribution in [0.5, 0.6) is 0 Å². The lowest BCUT2D eigenvalue weighted by atomic mass is 10.1. The van der Waals surface area contributed by atoms with E-state index in [0.29, 0.717) is 17.8 Å². The summed E-state index contributed by atoms with van der Waals surface area (Å²) < 4.78 is 0. The molecular weight excluding hydrogens is 380 g/mol. The first kappa shape index (κ1) is 20.4. The molecule has 0 radical (unpaired) electrons. The van der Waals surface area contributed by atoms with Crippen molar-refractivity contribution in [2.24, 2.45) is 0 Å². The molecule has 0 saturated carbocycles. The van der Waals surface area contributed by atoms with Gasteiger partial charge >= 0.3 is 0 Å². The lowest BCUT2D eigenvalue weighted by Crippen LogP contribution is -2.49. The van der Waals surface area contributed by atoms with Gasteiger partial charge in [-0.25, -0.2) is 4.98 Å². The minimum Gasteiger partial charge on any atom is -0.353 e. The predicted octanol–water partition coefficient (Wildman–Crippen LogP) is 2.46. The summed E-state index contributed by atoms with van der Waals surface area (Å²) in [6.45, 7) is 2.49. The van der Waals surface area contributed by atoms with E-state index in [9.17, 15) is 4.79 Å². The molecule has 1 aromatic carbocycles. The molecule has 4 rings (SSSR count). The second kappa shape index (κ2) is 9.28. The number of nitrogens with one attached hydrogen (secondary N) is 1. The second-order valence-electron chi connectivity index (χ2n) is 8.28. The molecule has 2 atom stereocenters. The number of hydrogen-bond donors (Lipinski definition) is 1. The zero-order valence-corrected chi connectivity index (χ0v) is 18.1. The van der Waals surface area contributed by atoms with Crippen molar-refractivity contribution in [3.8, 4) is 0 Å². The van der Waals surface area contributed by atoms with Crippen molar-refractivity contribution in [1.29, 1.82) is 0 Å². The zero-order valence-electron chi connectivity index (χ0n) is 17.3. The smallest absolute Gasteiger partial charge is 0.237 e. The number of pyridine rings is 1. The molecule has 5 nitrogen and oxygen atoms in total. The number of aromatic nitrogens is 1. The normalized spacial score (nSPS) is 22.2. The molecule has 2 heterocycles. The number of carbonyl (C=O) groups excluding carboxylic acids is 1. The van der Waals surface area contributed by atoms with Crippen LogP contribution in [0.4, 0.5) is 0 Å². The summed E-state index contributed by atoms with van der Waals surface area (Å²) in [6, 6.07) is 15.1. The third-order valence-electron chi connectivity index (χ3n) is 5.89. The minimum absolute atomic E-state index is 0.0577. The average molecular weight is 411 g/mol. The van der Waals surface area contributed by atoms with Gasteiger partial charge < -0.3 is 10.2 Å². The van der Waals surface area contributed by atoms with Gasteiger partial charge in [-0.15, -0.1) is 11.8 Å². The van der Waals surface area contributed by atoms with E-state index >= 15 is 0 Å². The number of nitrogens with zero attached hydrogens (tertiary/aromatic N) is 3. The monoisotopic (exact) mass is 410 g/mol. The number of thioether (sulfide) groups is 1. The summed E-state index contributed by atoms with van der Waals surface area (Å²) in [5, 5.41) is 4.60. The Labute approximate surface area is 177 Å². The highest BCUT2D eigenvalue weighted by atomic mass is 32.2. The van der Waals surface area contributed by atoms with E-state index in [4.69, 9.17) is 0 Å². The first-order valence-corrected chi connectivity index (χ1v) is 11.3. The molecule has 0 spiro atoms. The van der Waals surface area contributed by atoms with E-state index in [0.717, 1.165) is 37.4 Å². The van der Waals surface area contributed by atoms with E-state index in [1.807, 2.05) is 32.4 Å². The molecule has 1 saturated heterocycles. The largest absolute Gasteiger partial charge is 0.353 e. The molecule has 1 aromatic heterocycles. The van der Waals surface area contributed by atoms with Crippen LogP contribution in [0, 0.1) is 0 Å². The summed E-state index contributed by atoms with van der Waals surface area (Å²) in [4.78, 5) is 22.1. The van der Waals surface area contributed by atoms with E-state index < -0.39 is 0 Å². The fourth-order valence-corrected chi connectivity index (χ4v) is 5.59. The lowest BCUT2D eigenvalue weighted by Gasteiger charge is -2.29. The number of likely N-dealkylation sites (N-methyl/N-ethyl adjacent to an activating group) is 1. The van der Waals surface area contributed by atoms with E-state index in [2.05, 4.69) is 50.4 Å². The molecule has 1 aliphatic heterocycles. The summed E-state index contributed by atoms with van der Waals surface area (Å²) in [5.41, 5.74) is 2.87. The van der Waals surface area contributed by atoms with Gasteiger partial charge in [-0.3, -0.25) is 9.69 Å². The number of rotatable bonds is 7. The predicted molar refractivity (Wildman–Crippen MR) is 118 cm³/mol. The number of benzene rings is 1. The van der Waals surface area contributed by atoms with Gasteiger partial charge in [0.2, 0.25) is 5.91 Å². The second-order valence-corrected chi connectivity index (χ2v) is 9.60. The van der Waals surface area contributed by atoms with Crippen molar-refractivity contribution in [3.63, 3.8) is 0 Å². The van der Waals surface area contributed by atoms with Crippen LogP contribution in [-0.2, 0) is 17.6 Å². The average Bonchev–Trinajstić information content (AvgIpc) is 3.32. The highest BCUT2D eigenvalue weighted by Gasteiger charge is 2.42. The molecule has 6 heteroatoms. The van der Waals surface area contributed by atoms with Crippen LogP contribution in [-0.4, -0.2) is 71.8 Å². The van der Waals surface area contributed by atoms with Gasteiger partial charge in [-0.2, -0.15) is 0 Å². The van der Waals surface area contributed by atoms with Gasteiger partial charge in [0.1, 0.15) is 0 Å². The number of carbonyl (C=O) groups is 1. The Balaban J connectivity index is 1.46. The lowest BCUT2D eigenvalue weighted by molar-refractivity contribution is -0.126. The molecule has 0 unspecified atom stereocenters. The molecule has 1 fully saturated rings. The summed E-state index contributed by atoms with van der Waals surface area (Å²) in [5.74, 6) is 0.173. The van der Waals surface area contributed by atoms with E-state index in [1.165, 1.54) is 11.1 Å². The van der Waals surface area contributed by atoms with Crippen LogP contribution in [0.1, 0.15) is 17.5 Å². The van der Waals surface area contributed by atoms with E-state index in [-0.39, 0.29) is 11.9 Å². The maximum atomic E-state index is 13.1. The van der Waals surface area contributed by atoms with Crippen LogP contribution >= 0.6 is 11.8 Å². The molecule has 29 heavy (non-hydrogen) atoms. The van der Waals surface area contributed by atoms with Gasteiger partial charge in [0, 0.05) is 37.1 Å². The Morgan fingerprint density at radius 2 is 1.90 bits per heavy atom. The molecular formula is C23H30N4OS. The van der Waals surface area contributed by atoms with Gasteiger partial charge in [0.25, 0.3) is 0 Å². The Bertz CT molecular complexity index is 804. The Morgan fingerprint density at radius 3 is 2.55 bits per heavy atom. The van der Waals surface area contributed by atoms with Crippen molar-refractivity contribution in [3.05, 3.63) is 59.8 Å². The topological polar surface area (TPSA) is 48.5 Å². The standard InChI is InChI=1S/C23H30N4OS/c1-26(2)12-11-25-23(28)21-15-20(29-22-9-5-6-10-24-22)16-27(21)19-13-17-7-3-4-8-18(17)14-19/h3-10,19-21H,11-16H2,1-2H3,(H,25,28)/t20-,21+/m1/s1. The van der Waals surface area contributed by atoms with E-state index in [1.54, 1.807) is 11.8 Å². The number of hydrogen-bond acceptors (Lipinski definition) is 5. The fraction of sp³-hybridized carbons (Fsp3) is 0.478. The maximum Gasteiger partial charge on any atom is 0.237 e. The van der Waals surface area contributed by atoms with Crippen molar-refractivity contribution in [1.82, 2.24) is 20.1 Å².